The molecule has 0 radical (unpaired) electrons. The molecule has 6 rings (SSSR count). The number of hydrogen-bond donors (Lipinski definition) is 1. The lowest BCUT2D eigenvalue weighted by Gasteiger charge is -2.47. The van der Waals surface area contributed by atoms with E-state index in [1.807, 2.05) is 60.7 Å². The topological polar surface area (TPSA) is 84.1 Å². The van der Waals surface area contributed by atoms with Gasteiger partial charge in [0, 0.05) is 29.6 Å². The monoisotopic (exact) mass is 525 g/mol. The number of H-pyrrole nitrogens is 1. The molecule has 0 bridgehead atoms. The third-order valence-corrected chi connectivity index (χ3v) is 7.90. The standard InChI is InChI=1S/C31H31N3O5/c1-37-21-11-8-19(9-12-21)14-15-33-18-28(35)34-25(31(33)36)17-23-22-6-4-5-7-24(22)32-29(23)30(34)20-10-13-26(38-2)27(16-20)39-3/h4-13,16,25,30,32H,14-15,17-18H2,1-3H3/t25-,30?/m0/s1. The van der Waals surface area contributed by atoms with Crippen LogP contribution in [0.2, 0.25) is 0 Å². The highest BCUT2D eigenvalue weighted by atomic mass is 16.5. The quantitative estimate of drug-likeness (QED) is 0.393. The van der Waals surface area contributed by atoms with Crippen molar-refractivity contribution in [3.8, 4) is 17.2 Å². The second-order valence-electron chi connectivity index (χ2n) is 9.96. The molecular formula is C31H31N3O5. The van der Waals surface area contributed by atoms with Crippen LogP contribution in [0.25, 0.3) is 10.9 Å². The summed E-state index contributed by atoms with van der Waals surface area (Å²) in [6.45, 7) is 0.522. The smallest absolute Gasteiger partial charge is 0.246 e. The van der Waals surface area contributed by atoms with Gasteiger partial charge in [-0.1, -0.05) is 36.4 Å². The zero-order chi connectivity index (χ0) is 27.1. The number of piperazine rings is 1. The summed E-state index contributed by atoms with van der Waals surface area (Å²) >= 11 is 0. The Morgan fingerprint density at radius 1 is 0.897 bits per heavy atom. The molecule has 4 aromatic rings. The highest BCUT2D eigenvalue weighted by Crippen LogP contribution is 2.44. The van der Waals surface area contributed by atoms with Crippen LogP contribution in [-0.4, -0.2) is 67.1 Å². The van der Waals surface area contributed by atoms with Crippen molar-refractivity contribution in [3.05, 3.63) is 89.1 Å². The number of aromatic nitrogens is 1. The summed E-state index contributed by atoms with van der Waals surface area (Å²) in [6, 6.07) is 20.5. The van der Waals surface area contributed by atoms with Crippen molar-refractivity contribution >= 4 is 22.7 Å². The van der Waals surface area contributed by atoms with Gasteiger partial charge in [0.1, 0.15) is 11.8 Å². The second kappa shape index (κ2) is 10.0. The van der Waals surface area contributed by atoms with Gasteiger partial charge in [-0.25, -0.2) is 0 Å². The fourth-order valence-electron chi connectivity index (χ4n) is 5.94. The largest absolute Gasteiger partial charge is 0.497 e. The van der Waals surface area contributed by atoms with Crippen molar-refractivity contribution < 1.29 is 23.8 Å². The van der Waals surface area contributed by atoms with Gasteiger partial charge >= 0.3 is 0 Å². The maximum absolute atomic E-state index is 14.0. The van der Waals surface area contributed by atoms with E-state index in [4.69, 9.17) is 14.2 Å². The van der Waals surface area contributed by atoms with Crippen LogP contribution in [0.3, 0.4) is 0 Å². The molecule has 1 fully saturated rings. The first-order valence-corrected chi connectivity index (χ1v) is 13.1. The van der Waals surface area contributed by atoms with Crippen molar-refractivity contribution in [1.82, 2.24) is 14.8 Å². The zero-order valence-electron chi connectivity index (χ0n) is 22.3. The van der Waals surface area contributed by atoms with E-state index in [-0.39, 0.29) is 18.4 Å². The summed E-state index contributed by atoms with van der Waals surface area (Å²) in [4.78, 5) is 34.8. The van der Waals surface area contributed by atoms with Crippen LogP contribution >= 0.6 is 0 Å². The predicted molar refractivity (Wildman–Crippen MR) is 147 cm³/mol. The van der Waals surface area contributed by atoms with Gasteiger partial charge in [-0.2, -0.15) is 0 Å². The van der Waals surface area contributed by atoms with Crippen LogP contribution in [0, 0.1) is 0 Å². The number of methoxy groups -OCH3 is 3. The van der Waals surface area contributed by atoms with E-state index < -0.39 is 12.1 Å². The van der Waals surface area contributed by atoms with E-state index in [0.717, 1.165) is 39.0 Å². The van der Waals surface area contributed by atoms with Gasteiger partial charge in [-0.05, 0) is 53.4 Å². The number of nitrogens with zero attached hydrogens (tertiary/aromatic N) is 2. The number of carbonyl (C=O) groups is 2. The number of nitrogens with one attached hydrogen (secondary N) is 1. The number of rotatable bonds is 7. The highest BCUT2D eigenvalue weighted by molar-refractivity contribution is 5.97. The third-order valence-electron chi connectivity index (χ3n) is 7.90. The number of hydrogen-bond acceptors (Lipinski definition) is 5. The molecule has 2 amide bonds. The molecule has 0 spiro atoms. The Morgan fingerprint density at radius 2 is 1.67 bits per heavy atom. The average Bonchev–Trinajstić information content (AvgIpc) is 3.35. The van der Waals surface area contributed by atoms with E-state index in [2.05, 4.69) is 11.1 Å². The molecule has 3 heterocycles. The molecule has 39 heavy (non-hydrogen) atoms. The van der Waals surface area contributed by atoms with Gasteiger partial charge in [0.05, 0.1) is 33.9 Å². The molecule has 1 unspecified atom stereocenters. The lowest BCUT2D eigenvalue weighted by molar-refractivity contribution is -0.158. The van der Waals surface area contributed by atoms with Gasteiger partial charge < -0.3 is 29.0 Å². The van der Waals surface area contributed by atoms with Gasteiger partial charge in [0.2, 0.25) is 11.8 Å². The Bertz CT molecular complexity index is 1540. The average molecular weight is 526 g/mol. The SMILES string of the molecule is COc1ccc(CCN2CC(=O)N3C(c4ccc(OC)c(OC)c4)c4[nH]c5ccccc5c4C[C@H]3C2=O)cc1. The van der Waals surface area contributed by atoms with Crippen LogP contribution in [-0.2, 0) is 22.4 Å². The van der Waals surface area contributed by atoms with Crippen LogP contribution in [0.5, 0.6) is 17.2 Å². The van der Waals surface area contributed by atoms with E-state index in [0.29, 0.717) is 30.9 Å². The summed E-state index contributed by atoms with van der Waals surface area (Å²) in [7, 11) is 4.82. The summed E-state index contributed by atoms with van der Waals surface area (Å²) < 4.78 is 16.3. The van der Waals surface area contributed by atoms with E-state index >= 15 is 0 Å². The van der Waals surface area contributed by atoms with Crippen molar-refractivity contribution in [1.29, 1.82) is 0 Å². The molecule has 1 N–H and O–H groups in total. The molecule has 8 heteroatoms. The molecule has 2 aliphatic heterocycles. The third kappa shape index (κ3) is 4.26. The van der Waals surface area contributed by atoms with Crippen LogP contribution in [0.15, 0.2) is 66.7 Å². The Hall–Kier alpha value is -4.46. The molecule has 2 aliphatic rings. The second-order valence-corrected chi connectivity index (χ2v) is 9.96. The Morgan fingerprint density at radius 3 is 2.41 bits per heavy atom. The lowest BCUT2D eigenvalue weighted by Crippen LogP contribution is -2.63. The van der Waals surface area contributed by atoms with Crippen LogP contribution in [0.4, 0.5) is 0 Å². The molecule has 0 aliphatic carbocycles. The molecule has 8 nitrogen and oxygen atoms in total. The first kappa shape index (κ1) is 24.9. The highest BCUT2D eigenvalue weighted by Gasteiger charge is 2.48. The zero-order valence-corrected chi connectivity index (χ0v) is 22.3. The molecule has 1 aromatic heterocycles. The van der Waals surface area contributed by atoms with Crippen LogP contribution in [0.1, 0.15) is 28.4 Å². The molecule has 2 atom stereocenters. The Balaban J connectivity index is 1.37. The van der Waals surface area contributed by atoms with Crippen molar-refractivity contribution in [2.24, 2.45) is 0 Å². The minimum Gasteiger partial charge on any atom is -0.497 e. The van der Waals surface area contributed by atoms with E-state index in [9.17, 15) is 9.59 Å². The fourth-order valence-corrected chi connectivity index (χ4v) is 5.94. The number of carbonyl (C=O) groups excluding carboxylic acids is 2. The van der Waals surface area contributed by atoms with Gasteiger partial charge in [0.25, 0.3) is 0 Å². The van der Waals surface area contributed by atoms with Crippen LogP contribution < -0.4 is 14.2 Å². The number of amides is 2. The number of benzene rings is 3. The van der Waals surface area contributed by atoms with Crippen molar-refractivity contribution in [3.63, 3.8) is 0 Å². The van der Waals surface area contributed by atoms with E-state index in [1.54, 1.807) is 31.1 Å². The fraction of sp³-hybridized carbons (Fsp3) is 0.290. The molecule has 200 valence electrons. The Labute approximate surface area is 227 Å². The van der Waals surface area contributed by atoms with Crippen molar-refractivity contribution in [2.75, 3.05) is 34.4 Å². The molecule has 3 aromatic carbocycles. The first-order chi connectivity index (χ1) is 19.0. The normalized spacial score (nSPS) is 18.6. The summed E-state index contributed by atoms with van der Waals surface area (Å²) in [5.41, 5.74) is 4.95. The minimum atomic E-state index is -0.591. The number of para-hydroxylation sites is 1. The van der Waals surface area contributed by atoms with Gasteiger partial charge in [-0.3, -0.25) is 9.59 Å². The number of ether oxygens (including phenoxy) is 3. The maximum Gasteiger partial charge on any atom is 0.246 e. The molecule has 0 saturated carbocycles. The molecular weight excluding hydrogens is 494 g/mol. The number of fused-ring (bicyclic) bond motifs is 4. The minimum absolute atomic E-state index is 0.0236. The summed E-state index contributed by atoms with van der Waals surface area (Å²) in [5.74, 6) is 1.88. The summed E-state index contributed by atoms with van der Waals surface area (Å²) in [6.07, 6.45) is 1.12. The van der Waals surface area contributed by atoms with Gasteiger partial charge in [-0.15, -0.1) is 0 Å². The van der Waals surface area contributed by atoms with E-state index in [1.165, 1.54) is 0 Å². The summed E-state index contributed by atoms with van der Waals surface area (Å²) in [5, 5.41) is 1.08. The predicted octanol–water partition coefficient (Wildman–Crippen LogP) is 4.12. The number of aromatic amines is 1. The molecule has 1 saturated heterocycles. The lowest BCUT2D eigenvalue weighted by atomic mass is 9.86. The maximum atomic E-state index is 14.0. The first-order valence-electron chi connectivity index (χ1n) is 13.1. The Kier molecular flexibility index (Phi) is 6.38. The van der Waals surface area contributed by atoms with Gasteiger partial charge in [0.15, 0.2) is 11.5 Å². The van der Waals surface area contributed by atoms with Crippen molar-refractivity contribution in [2.45, 2.75) is 24.9 Å².